The number of carbonyl (C=O) groups excluding carboxylic acids is 1. The maximum absolute atomic E-state index is 11.3. The van der Waals surface area contributed by atoms with Crippen molar-refractivity contribution in [3.8, 4) is 6.07 Å². The summed E-state index contributed by atoms with van der Waals surface area (Å²) in [6.45, 7) is 1.78. The van der Waals surface area contributed by atoms with Crippen LogP contribution in [0.5, 0.6) is 0 Å². The molecule has 7 nitrogen and oxygen atoms in total. The van der Waals surface area contributed by atoms with Gasteiger partial charge in [-0.15, -0.1) is 0 Å². The second kappa shape index (κ2) is 7.11. The number of anilines is 1. The minimum atomic E-state index is -0.754. The predicted octanol–water partition coefficient (Wildman–Crippen LogP) is 2.63. The van der Waals surface area contributed by atoms with Crippen molar-refractivity contribution >= 4 is 28.9 Å². The average Bonchev–Trinajstić information content (AvgIpc) is 2.39. The lowest BCUT2D eigenvalue weighted by atomic mass is 10.2. The van der Waals surface area contributed by atoms with E-state index in [9.17, 15) is 14.9 Å². The van der Waals surface area contributed by atoms with Crippen molar-refractivity contribution in [3.63, 3.8) is 0 Å². The van der Waals surface area contributed by atoms with Crippen molar-refractivity contribution in [1.29, 1.82) is 5.26 Å². The van der Waals surface area contributed by atoms with Crippen LogP contribution in [0, 0.1) is 21.4 Å². The molecule has 8 heteroatoms. The summed E-state index contributed by atoms with van der Waals surface area (Å²) < 4.78 is 4.67. The predicted molar refractivity (Wildman–Crippen MR) is 72.1 cm³/mol. The Bertz CT molecular complexity index is 607. The van der Waals surface area contributed by atoms with E-state index in [1.165, 1.54) is 18.2 Å². The fourth-order valence-electron chi connectivity index (χ4n) is 1.25. The minimum Gasteiger partial charge on any atom is -0.462 e. The lowest BCUT2D eigenvalue weighted by molar-refractivity contribution is -0.384. The van der Waals surface area contributed by atoms with Gasteiger partial charge in [-0.25, -0.2) is 4.79 Å². The molecule has 0 bridgehead atoms. The normalized spacial score (nSPS) is 10.6. The Labute approximate surface area is 119 Å². The highest BCUT2D eigenvalue weighted by Crippen LogP contribution is 2.27. The van der Waals surface area contributed by atoms with Gasteiger partial charge in [0.05, 0.1) is 11.5 Å². The number of nitriles is 1. The molecule has 0 saturated heterocycles. The topological polar surface area (TPSA) is 105 Å². The monoisotopic (exact) mass is 295 g/mol. The molecule has 0 aromatic heterocycles. The molecular weight excluding hydrogens is 286 g/mol. The van der Waals surface area contributed by atoms with Crippen LogP contribution in [0.4, 0.5) is 11.4 Å². The van der Waals surface area contributed by atoms with Gasteiger partial charge < -0.3 is 10.1 Å². The number of esters is 1. The number of hydrogen-bond donors (Lipinski definition) is 1. The van der Waals surface area contributed by atoms with Crippen molar-refractivity contribution in [2.45, 2.75) is 6.92 Å². The lowest BCUT2D eigenvalue weighted by Crippen LogP contribution is -2.07. The average molecular weight is 296 g/mol. The maximum Gasteiger partial charge on any atom is 0.350 e. The minimum absolute atomic E-state index is 0.0527. The van der Waals surface area contributed by atoms with Crippen LogP contribution in [0.2, 0.25) is 5.02 Å². The second-order valence-corrected chi connectivity index (χ2v) is 3.87. The molecule has 0 radical (unpaired) electrons. The summed E-state index contributed by atoms with van der Waals surface area (Å²) in [6, 6.07) is 5.62. The first-order valence-electron chi connectivity index (χ1n) is 5.47. The van der Waals surface area contributed by atoms with Crippen molar-refractivity contribution < 1.29 is 14.5 Å². The number of nitro groups is 1. The molecular formula is C12H10ClN3O4. The van der Waals surface area contributed by atoms with Gasteiger partial charge in [0.1, 0.15) is 11.1 Å². The molecule has 1 N–H and O–H groups in total. The standard InChI is InChI=1S/C12H10ClN3O4/c1-2-20-12(17)8(6-14)7-15-9-3-4-11(16(18)19)10(13)5-9/h3-5,7,15H,2H2,1H3/b8-7+. The van der Waals surface area contributed by atoms with Gasteiger partial charge >= 0.3 is 5.97 Å². The number of rotatable bonds is 5. The third kappa shape index (κ3) is 3.96. The van der Waals surface area contributed by atoms with Crippen LogP contribution in [0.3, 0.4) is 0 Å². The molecule has 0 amide bonds. The molecule has 0 heterocycles. The number of nitro benzene ring substituents is 1. The molecule has 0 saturated carbocycles. The summed E-state index contributed by atoms with van der Waals surface area (Å²) >= 11 is 5.73. The summed E-state index contributed by atoms with van der Waals surface area (Å²) in [5.41, 5.74) is -0.0499. The van der Waals surface area contributed by atoms with E-state index in [1.54, 1.807) is 13.0 Å². The SMILES string of the molecule is CCOC(=O)/C(C#N)=C/Nc1ccc([N+](=O)[O-])c(Cl)c1. The van der Waals surface area contributed by atoms with Crippen LogP contribution in [0.25, 0.3) is 0 Å². The highest BCUT2D eigenvalue weighted by atomic mass is 35.5. The zero-order valence-corrected chi connectivity index (χ0v) is 11.2. The molecule has 0 aliphatic heterocycles. The molecule has 1 aromatic rings. The van der Waals surface area contributed by atoms with E-state index in [0.717, 1.165) is 6.20 Å². The van der Waals surface area contributed by atoms with E-state index in [-0.39, 0.29) is 22.9 Å². The van der Waals surface area contributed by atoms with Crippen LogP contribution in [0.15, 0.2) is 30.0 Å². The molecule has 0 atom stereocenters. The number of ether oxygens (including phenoxy) is 1. The van der Waals surface area contributed by atoms with Gasteiger partial charge in [-0.3, -0.25) is 10.1 Å². The van der Waals surface area contributed by atoms with Crippen LogP contribution < -0.4 is 5.32 Å². The Hall–Kier alpha value is -2.59. The third-order valence-corrected chi connectivity index (χ3v) is 2.45. The fraction of sp³-hybridized carbons (Fsp3) is 0.167. The van der Waals surface area contributed by atoms with Gasteiger partial charge in [-0.05, 0) is 19.1 Å². The van der Waals surface area contributed by atoms with Crippen LogP contribution >= 0.6 is 11.6 Å². The summed E-state index contributed by atoms with van der Waals surface area (Å²) in [4.78, 5) is 21.3. The quantitative estimate of drug-likeness (QED) is 0.294. The fourth-order valence-corrected chi connectivity index (χ4v) is 1.50. The summed E-state index contributed by atoms with van der Waals surface area (Å²) in [5, 5.41) is 22.0. The Morgan fingerprint density at radius 3 is 2.85 bits per heavy atom. The Morgan fingerprint density at radius 1 is 1.65 bits per heavy atom. The Kier molecular flexibility index (Phi) is 5.50. The van der Waals surface area contributed by atoms with Gasteiger partial charge in [0.2, 0.25) is 0 Å². The van der Waals surface area contributed by atoms with Gasteiger partial charge in [0.25, 0.3) is 5.69 Å². The van der Waals surface area contributed by atoms with E-state index in [4.69, 9.17) is 16.9 Å². The van der Waals surface area contributed by atoms with Crippen molar-refractivity contribution in [3.05, 3.63) is 45.1 Å². The summed E-state index contributed by atoms with van der Waals surface area (Å²) in [6.07, 6.45) is 1.15. The molecule has 104 valence electrons. The molecule has 0 unspecified atom stereocenters. The van der Waals surface area contributed by atoms with Crippen LogP contribution in [-0.4, -0.2) is 17.5 Å². The number of nitrogens with one attached hydrogen (secondary N) is 1. The highest BCUT2D eigenvalue weighted by Gasteiger charge is 2.12. The van der Waals surface area contributed by atoms with E-state index >= 15 is 0 Å². The second-order valence-electron chi connectivity index (χ2n) is 3.46. The van der Waals surface area contributed by atoms with Crippen molar-refractivity contribution in [2.24, 2.45) is 0 Å². The highest BCUT2D eigenvalue weighted by molar-refractivity contribution is 6.32. The number of hydrogen-bond acceptors (Lipinski definition) is 6. The molecule has 0 aliphatic rings. The largest absolute Gasteiger partial charge is 0.462 e. The molecule has 0 fully saturated rings. The first-order chi connectivity index (χ1) is 9.49. The van der Waals surface area contributed by atoms with Crippen molar-refractivity contribution in [1.82, 2.24) is 0 Å². The van der Waals surface area contributed by atoms with Crippen LogP contribution in [0.1, 0.15) is 6.92 Å². The van der Waals surface area contributed by atoms with E-state index in [1.807, 2.05) is 0 Å². The van der Waals surface area contributed by atoms with Crippen molar-refractivity contribution in [2.75, 3.05) is 11.9 Å². The first-order valence-corrected chi connectivity index (χ1v) is 5.85. The van der Waals surface area contributed by atoms with E-state index in [0.29, 0.717) is 5.69 Å². The Balaban J connectivity index is 2.89. The van der Waals surface area contributed by atoms with E-state index < -0.39 is 10.9 Å². The number of carbonyl (C=O) groups is 1. The number of nitrogens with zero attached hydrogens (tertiary/aromatic N) is 2. The van der Waals surface area contributed by atoms with Crippen LogP contribution in [-0.2, 0) is 9.53 Å². The Morgan fingerprint density at radius 2 is 2.35 bits per heavy atom. The lowest BCUT2D eigenvalue weighted by Gasteiger charge is -2.03. The number of halogens is 1. The zero-order valence-electron chi connectivity index (χ0n) is 10.4. The molecule has 0 aliphatic carbocycles. The maximum atomic E-state index is 11.3. The van der Waals surface area contributed by atoms with Gasteiger partial charge in [0.15, 0.2) is 5.57 Å². The number of benzene rings is 1. The zero-order chi connectivity index (χ0) is 15.1. The molecule has 1 rings (SSSR count). The van der Waals surface area contributed by atoms with Gasteiger partial charge in [-0.2, -0.15) is 5.26 Å². The smallest absolute Gasteiger partial charge is 0.350 e. The third-order valence-electron chi connectivity index (χ3n) is 2.14. The first kappa shape index (κ1) is 15.5. The molecule has 1 aromatic carbocycles. The molecule has 20 heavy (non-hydrogen) atoms. The van der Waals surface area contributed by atoms with Gasteiger partial charge in [0, 0.05) is 18.0 Å². The molecule has 0 spiro atoms. The van der Waals surface area contributed by atoms with E-state index in [2.05, 4.69) is 10.1 Å². The summed E-state index contributed by atoms with van der Waals surface area (Å²) in [7, 11) is 0. The summed E-state index contributed by atoms with van der Waals surface area (Å²) in [5.74, 6) is -0.754. The van der Waals surface area contributed by atoms with Gasteiger partial charge in [-0.1, -0.05) is 11.6 Å².